The van der Waals surface area contributed by atoms with Gasteiger partial charge in [0.25, 0.3) is 0 Å². The summed E-state index contributed by atoms with van der Waals surface area (Å²) in [6, 6.07) is 3.01. The van der Waals surface area contributed by atoms with Gasteiger partial charge in [-0.3, -0.25) is 10.6 Å². The number of nitrogens with one attached hydrogen (secondary N) is 1. The third-order valence-electron chi connectivity index (χ3n) is 3.19. The smallest absolute Gasteiger partial charge is 0.321 e. The second kappa shape index (κ2) is 5.72. The lowest BCUT2D eigenvalue weighted by Gasteiger charge is -2.10. The maximum Gasteiger partial charge on any atom is 0.417 e. The average molecular weight is 379 g/mol. The minimum absolute atomic E-state index is 0.0860. The van der Waals surface area contributed by atoms with Gasteiger partial charge in [0.05, 0.1) is 26.5 Å². The van der Waals surface area contributed by atoms with Crippen molar-refractivity contribution in [2.45, 2.75) is 6.18 Å². The van der Waals surface area contributed by atoms with Crippen LogP contribution in [0, 0.1) is 5.82 Å². The molecule has 2 heterocycles. The van der Waals surface area contributed by atoms with Crippen molar-refractivity contribution in [2.75, 3.05) is 5.43 Å². The number of fused-ring (bicyclic) bond motifs is 1. The molecule has 3 N–H and O–H groups in total. The van der Waals surface area contributed by atoms with Crippen LogP contribution in [0.2, 0.25) is 5.02 Å². The number of halogens is 5. The van der Waals surface area contributed by atoms with Gasteiger partial charge in [0, 0.05) is 6.20 Å². The maximum atomic E-state index is 13.7. The van der Waals surface area contributed by atoms with E-state index in [2.05, 4.69) is 10.4 Å². The number of hydrogen-bond donors (Lipinski definition) is 2. The first-order valence-corrected chi connectivity index (χ1v) is 7.46. The number of rotatable bonds is 2. The Morgan fingerprint density at radius 2 is 2.00 bits per heavy atom. The van der Waals surface area contributed by atoms with Crippen LogP contribution in [0.3, 0.4) is 0 Å². The molecule has 11 heteroatoms. The Labute approximate surface area is 140 Å². The van der Waals surface area contributed by atoms with Crippen molar-refractivity contribution in [3.63, 3.8) is 0 Å². The standard InChI is InChI=1S/C13H7ClF4N4OS/c14-6-1-5(13(16,17)18)4-20-11(6)22-9-3-8(21-19)7(15)2-10(9)24-12(22)23/h1-4,21H,19H2. The molecule has 0 atom stereocenters. The van der Waals surface area contributed by atoms with E-state index in [9.17, 15) is 22.4 Å². The first-order chi connectivity index (χ1) is 11.2. The topological polar surface area (TPSA) is 72.9 Å². The Morgan fingerprint density at radius 1 is 1.29 bits per heavy atom. The maximum absolute atomic E-state index is 13.7. The van der Waals surface area contributed by atoms with Crippen LogP contribution in [-0.4, -0.2) is 9.55 Å². The van der Waals surface area contributed by atoms with E-state index in [0.717, 1.165) is 10.6 Å². The first-order valence-electron chi connectivity index (χ1n) is 6.27. The molecule has 126 valence electrons. The Morgan fingerprint density at radius 3 is 2.58 bits per heavy atom. The monoisotopic (exact) mass is 378 g/mol. The lowest BCUT2D eigenvalue weighted by atomic mass is 10.2. The van der Waals surface area contributed by atoms with Gasteiger partial charge in [-0.15, -0.1) is 0 Å². The van der Waals surface area contributed by atoms with Crippen LogP contribution < -0.4 is 16.1 Å². The fraction of sp³-hybridized carbons (Fsp3) is 0.0769. The van der Waals surface area contributed by atoms with Crippen molar-refractivity contribution in [1.29, 1.82) is 0 Å². The summed E-state index contributed by atoms with van der Waals surface area (Å²) in [7, 11) is 0. The van der Waals surface area contributed by atoms with Crippen molar-refractivity contribution >= 4 is 38.8 Å². The van der Waals surface area contributed by atoms with Gasteiger partial charge in [-0.25, -0.2) is 13.9 Å². The van der Waals surface area contributed by atoms with E-state index < -0.39 is 22.4 Å². The largest absolute Gasteiger partial charge is 0.417 e. The van der Waals surface area contributed by atoms with Crippen LogP contribution in [-0.2, 0) is 6.18 Å². The molecule has 1 aromatic carbocycles. The van der Waals surface area contributed by atoms with E-state index in [0.29, 0.717) is 23.6 Å². The average Bonchev–Trinajstić information content (AvgIpc) is 2.80. The van der Waals surface area contributed by atoms with Gasteiger partial charge in [-0.2, -0.15) is 13.2 Å². The summed E-state index contributed by atoms with van der Waals surface area (Å²) >= 11 is 6.58. The van der Waals surface area contributed by atoms with Crippen LogP contribution in [0.15, 0.2) is 29.2 Å². The highest BCUT2D eigenvalue weighted by Crippen LogP contribution is 2.33. The number of alkyl halides is 3. The summed E-state index contributed by atoms with van der Waals surface area (Å²) in [5.74, 6) is 4.33. The molecule has 3 aromatic rings. The zero-order chi connectivity index (χ0) is 17.6. The predicted octanol–water partition coefficient (Wildman–Crippen LogP) is 3.54. The Kier molecular flexibility index (Phi) is 3.98. The molecule has 0 unspecified atom stereocenters. The van der Waals surface area contributed by atoms with Crippen LogP contribution in [0.5, 0.6) is 0 Å². The normalized spacial score (nSPS) is 11.9. The highest BCUT2D eigenvalue weighted by Gasteiger charge is 2.32. The van der Waals surface area contributed by atoms with Gasteiger partial charge in [-0.1, -0.05) is 22.9 Å². The summed E-state index contributed by atoms with van der Waals surface area (Å²) < 4.78 is 53.1. The minimum Gasteiger partial charge on any atom is -0.321 e. The summed E-state index contributed by atoms with van der Waals surface area (Å²) in [5.41, 5.74) is 1.22. The summed E-state index contributed by atoms with van der Waals surface area (Å²) in [4.78, 5) is 15.2. The third-order valence-corrected chi connectivity index (χ3v) is 4.37. The van der Waals surface area contributed by atoms with E-state index in [1.54, 1.807) is 0 Å². The van der Waals surface area contributed by atoms with Gasteiger partial charge in [0.15, 0.2) is 5.82 Å². The predicted molar refractivity (Wildman–Crippen MR) is 83.0 cm³/mol. The van der Waals surface area contributed by atoms with Gasteiger partial charge >= 0.3 is 11.0 Å². The SMILES string of the molecule is NNc1cc2c(cc1F)sc(=O)n2-c1ncc(C(F)(F)F)cc1Cl. The van der Waals surface area contributed by atoms with Crippen molar-refractivity contribution < 1.29 is 17.6 Å². The Balaban J connectivity index is 2.27. The molecule has 0 amide bonds. The molecule has 24 heavy (non-hydrogen) atoms. The number of hydrazine groups is 1. The quantitative estimate of drug-likeness (QED) is 0.406. The van der Waals surface area contributed by atoms with Gasteiger partial charge in [0.2, 0.25) is 0 Å². The van der Waals surface area contributed by atoms with Crippen LogP contribution in [0.1, 0.15) is 5.56 Å². The van der Waals surface area contributed by atoms with Crippen molar-refractivity contribution in [1.82, 2.24) is 9.55 Å². The van der Waals surface area contributed by atoms with E-state index in [-0.39, 0.29) is 26.7 Å². The van der Waals surface area contributed by atoms with Gasteiger partial charge < -0.3 is 5.43 Å². The summed E-state index contributed by atoms with van der Waals surface area (Å²) in [5, 5.41) is -0.363. The number of nitrogen functional groups attached to an aromatic ring is 1. The molecular formula is C13H7ClF4N4OS. The fourth-order valence-electron chi connectivity index (χ4n) is 2.10. The Hall–Kier alpha value is -2.17. The number of nitrogens with two attached hydrogens (primary N) is 1. The van der Waals surface area contributed by atoms with Gasteiger partial charge in [-0.05, 0) is 18.2 Å². The molecule has 0 saturated carbocycles. The molecule has 2 aromatic heterocycles. The number of aromatic nitrogens is 2. The molecule has 0 aliphatic heterocycles. The second-order valence-electron chi connectivity index (χ2n) is 4.67. The van der Waals surface area contributed by atoms with Crippen molar-refractivity contribution in [3.8, 4) is 5.82 Å². The molecule has 0 radical (unpaired) electrons. The summed E-state index contributed by atoms with van der Waals surface area (Å²) in [6.45, 7) is 0. The summed E-state index contributed by atoms with van der Waals surface area (Å²) in [6.07, 6.45) is -4.04. The molecule has 3 rings (SSSR count). The van der Waals surface area contributed by atoms with Crippen LogP contribution in [0.25, 0.3) is 16.0 Å². The molecule has 0 fully saturated rings. The molecule has 0 spiro atoms. The van der Waals surface area contributed by atoms with E-state index >= 15 is 0 Å². The minimum atomic E-state index is -4.61. The second-order valence-corrected chi connectivity index (χ2v) is 6.08. The molecule has 0 saturated heterocycles. The van der Waals surface area contributed by atoms with E-state index in [1.165, 1.54) is 6.07 Å². The highest BCUT2D eigenvalue weighted by molar-refractivity contribution is 7.16. The van der Waals surface area contributed by atoms with E-state index in [4.69, 9.17) is 17.4 Å². The highest BCUT2D eigenvalue weighted by atomic mass is 35.5. The zero-order valence-electron chi connectivity index (χ0n) is 11.5. The number of nitrogens with zero attached hydrogens (tertiary/aromatic N) is 2. The fourth-order valence-corrected chi connectivity index (χ4v) is 3.23. The van der Waals surface area contributed by atoms with E-state index in [1.807, 2.05) is 0 Å². The molecule has 0 bridgehead atoms. The molecular weight excluding hydrogens is 372 g/mol. The number of thiazole rings is 1. The number of pyridine rings is 1. The van der Waals surface area contributed by atoms with Gasteiger partial charge in [0.1, 0.15) is 5.82 Å². The number of benzene rings is 1. The lowest BCUT2D eigenvalue weighted by molar-refractivity contribution is -0.137. The first kappa shape index (κ1) is 16.7. The lowest BCUT2D eigenvalue weighted by Crippen LogP contribution is -2.14. The zero-order valence-corrected chi connectivity index (χ0v) is 13.1. The molecule has 0 aliphatic carbocycles. The van der Waals surface area contributed by atoms with Crippen molar-refractivity contribution in [2.24, 2.45) is 5.84 Å². The van der Waals surface area contributed by atoms with Crippen molar-refractivity contribution in [3.05, 3.63) is 50.5 Å². The Bertz CT molecular complexity index is 998. The van der Waals surface area contributed by atoms with Crippen LogP contribution in [0.4, 0.5) is 23.2 Å². The molecule has 0 aliphatic rings. The number of hydrogen-bond acceptors (Lipinski definition) is 5. The number of anilines is 1. The molecule has 5 nitrogen and oxygen atoms in total. The third kappa shape index (κ3) is 2.72. The van der Waals surface area contributed by atoms with Crippen LogP contribution >= 0.6 is 22.9 Å².